The van der Waals surface area contributed by atoms with E-state index in [1.165, 1.54) is 44.6 Å². The van der Waals surface area contributed by atoms with Crippen LogP contribution in [-0.2, 0) is 16.1 Å². The highest BCUT2D eigenvalue weighted by molar-refractivity contribution is 5.65. The Morgan fingerprint density at radius 3 is 2.46 bits per heavy atom. The van der Waals surface area contributed by atoms with Gasteiger partial charge < -0.3 is 14.2 Å². The molecule has 0 atom stereocenters. The van der Waals surface area contributed by atoms with Crippen molar-refractivity contribution in [2.75, 3.05) is 27.4 Å². The predicted octanol–water partition coefficient (Wildman–Crippen LogP) is 3.40. The number of carbonyl (C=O) groups is 1. The second-order valence-electron chi connectivity index (χ2n) is 6.29. The summed E-state index contributed by atoms with van der Waals surface area (Å²) in [6, 6.07) is 6.60. The zero-order valence-electron chi connectivity index (χ0n) is 15.0. The van der Waals surface area contributed by atoms with Crippen LogP contribution in [0.1, 0.15) is 44.6 Å². The summed E-state index contributed by atoms with van der Waals surface area (Å²) in [5, 5.41) is 0. The molecule has 0 radical (unpaired) electrons. The lowest BCUT2D eigenvalue weighted by Crippen LogP contribution is -2.38. The van der Waals surface area contributed by atoms with Crippen LogP contribution in [0.3, 0.4) is 0 Å². The number of ether oxygens (including phenoxy) is 3. The molecule has 1 aromatic rings. The zero-order chi connectivity index (χ0) is 17.4. The minimum absolute atomic E-state index is 0.218. The molecular formula is C19H29NO4. The highest BCUT2D eigenvalue weighted by atomic mass is 16.5. The monoisotopic (exact) mass is 335 g/mol. The van der Waals surface area contributed by atoms with Crippen LogP contribution in [-0.4, -0.2) is 44.3 Å². The highest BCUT2D eigenvalue weighted by Gasteiger charge is 2.21. The molecule has 2 rings (SSSR count). The molecule has 1 fully saturated rings. The summed E-state index contributed by atoms with van der Waals surface area (Å²) in [6.07, 6.45) is 6.31. The van der Waals surface area contributed by atoms with Gasteiger partial charge in [-0.1, -0.05) is 25.3 Å². The van der Waals surface area contributed by atoms with Crippen molar-refractivity contribution < 1.29 is 19.0 Å². The lowest BCUT2D eigenvalue weighted by molar-refractivity contribution is -0.141. The first-order chi connectivity index (χ1) is 11.6. The summed E-state index contributed by atoms with van der Waals surface area (Å²) < 4.78 is 15.9. The maximum atomic E-state index is 11.0. The first-order valence-corrected chi connectivity index (χ1v) is 8.72. The molecule has 1 aliphatic carbocycles. The standard InChI is InChI=1S/C19H29NO4/c1-15(21)24-12-11-20(17-7-5-4-6-8-17)14-16-9-10-18(22-2)19(13-16)23-3/h9-10,13,17H,4-8,11-12,14H2,1-3H3. The number of rotatable bonds is 8. The van der Waals surface area contributed by atoms with Crippen LogP contribution in [0.2, 0.25) is 0 Å². The van der Waals surface area contributed by atoms with E-state index in [1.54, 1.807) is 14.2 Å². The number of hydrogen-bond acceptors (Lipinski definition) is 5. The molecule has 0 N–H and O–H groups in total. The van der Waals surface area contributed by atoms with E-state index in [0.717, 1.165) is 24.6 Å². The van der Waals surface area contributed by atoms with Crippen LogP contribution in [0.15, 0.2) is 18.2 Å². The molecule has 24 heavy (non-hydrogen) atoms. The van der Waals surface area contributed by atoms with E-state index in [2.05, 4.69) is 11.0 Å². The quantitative estimate of drug-likeness (QED) is 0.682. The molecule has 134 valence electrons. The van der Waals surface area contributed by atoms with Crippen LogP contribution >= 0.6 is 0 Å². The molecule has 1 aliphatic rings. The third-order valence-corrected chi connectivity index (χ3v) is 4.61. The smallest absolute Gasteiger partial charge is 0.302 e. The molecule has 0 saturated heterocycles. The maximum absolute atomic E-state index is 11.0. The van der Waals surface area contributed by atoms with Crippen LogP contribution in [0.4, 0.5) is 0 Å². The number of esters is 1. The van der Waals surface area contributed by atoms with Crippen LogP contribution in [0.25, 0.3) is 0 Å². The molecule has 1 saturated carbocycles. The van der Waals surface area contributed by atoms with Crippen molar-refractivity contribution >= 4 is 5.97 Å². The molecule has 5 heteroatoms. The Bertz CT molecular complexity index is 526. The van der Waals surface area contributed by atoms with Gasteiger partial charge in [0.15, 0.2) is 11.5 Å². The number of hydrogen-bond donors (Lipinski definition) is 0. The lowest BCUT2D eigenvalue weighted by Gasteiger charge is -2.34. The third kappa shape index (κ3) is 5.41. The fraction of sp³-hybridized carbons (Fsp3) is 0.632. The first kappa shape index (κ1) is 18.6. The Hall–Kier alpha value is -1.75. The molecule has 0 heterocycles. The minimum atomic E-state index is -0.218. The molecule has 0 bridgehead atoms. The van der Waals surface area contributed by atoms with Gasteiger partial charge in [-0.15, -0.1) is 0 Å². The van der Waals surface area contributed by atoms with Crippen molar-refractivity contribution in [3.63, 3.8) is 0 Å². The van der Waals surface area contributed by atoms with E-state index in [-0.39, 0.29) is 5.97 Å². The molecule has 1 aromatic carbocycles. The Morgan fingerprint density at radius 2 is 1.83 bits per heavy atom. The van der Waals surface area contributed by atoms with E-state index in [1.807, 2.05) is 12.1 Å². The molecule has 5 nitrogen and oxygen atoms in total. The largest absolute Gasteiger partial charge is 0.493 e. The predicted molar refractivity (Wildman–Crippen MR) is 93.5 cm³/mol. The van der Waals surface area contributed by atoms with Gasteiger partial charge in [-0.05, 0) is 30.5 Å². The van der Waals surface area contributed by atoms with E-state index >= 15 is 0 Å². The van der Waals surface area contributed by atoms with Gasteiger partial charge in [0.1, 0.15) is 6.61 Å². The van der Waals surface area contributed by atoms with Gasteiger partial charge >= 0.3 is 5.97 Å². The highest BCUT2D eigenvalue weighted by Crippen LogP contribution is 2.29. The van der Waals surface area contributed by atoms with E-state index in [0.29, 0.717) is 12.6 Å². The summed E-state index contributed by atoms with van der Waals surface area (Å²) in [7, 11) is 3.30. The zero-order valence-corrected chi connectivity index (χ0v) is 15.0. The Morgan fingerprint density at radius 1 is 1.12 bits per heavy atom. The topological polar surface area (TPSA) is 48.0 Å². The van der Waals surface area contributed by atoms with E-state index in [9.17, 15) is 4.79 Å². The molecule has 0 spiro atoms. The number of nitrogens with zero attached hydrogens (tertiary/aromatic N) is 1. The average molecular weight is 335 g/mol. The normalized spacial score (nSPS) is 15.3. The minimum Gasteiger partial charge on any atom is -0.493 e. The summed E-state index contributed by atoms with van der Waals surface area (Å²) in [5.41, 5.74) is 1.18. The fourth-order valence-electron chi connectivity index (χ4n) is 3.36. The van der Waals surface area contributed by atoms with Crippen LogP contribution in [0.5, 0.6) is 11.5 Å². The van der Waals surface area contributed by atoms with Gasteiger partial charge in [-0.2, -0.15) is 0 Å². The van der Waals surface area contributed by atoms with Crippen molar-refractivity contribution in [2.24, 2.45) is 0 Å². The summed E-state index contributed by atoms with van der Waals surface area (Å²) in [4.78, 5) is 13.5. The Kier molecular flexibility index (Phi) is 7.37. The van der Waals surface area contributed by atoms with E-state index in [4.69, 9.17) is 14.2 Å². The molecular weight excluding hydrogens is 306 g/mol. The Balaban J connectivity index is 2.06. The van der Waals surface area contributed by atoms with E-state index < -0.39 is 0 Å². The van der Waals surface area contributed by atoms with Gasteiger partial charge in [0.2, 0.25) is 0 Å². The lowest BCUT2D eigenvalue weighted by atomic mass is 9.94. The van der Waals surface area contributed by atoms with Crippen molar-refractivity contribution in [1.82, 2.24) is 4.90 Å². The third-order valence-electron chi connectivity index (χ3n) is 4.61. The SMILES string of the molecule is COc1ccc(CN(CCOC(C)=O)C2CCCCC2)cc1OC. The van der Waals surface area contributed by atoms with Gasteiger partial charge in [0.25, 0.3) is 0 Å². The number of carbonyl (C=O) groups excluding carboxylic acids is 1. The summed E-state index contributed by atoms with van der Waals surface area (Å²) >= 11 is 0. The van der Waals surface area contributed by atoms with Gasteiger partial charge in [-0.3, -0.25) is 9.69 Å². The molecule has 0 aliphatic heterocycles. The number of benzene rings is 1. The first-order valence-electron chi connectivity index (χ1n) is 8.72. The van der Waals surface area contributed by atoms with Crippen molar-refractivity contribution in [2.45, 2.75) is 51.6 Å². The average Bonchev–Trinajstić information content (AvgIpc) is 2.61. The van der Waals surface area contributed by atoms with Crippen LogP contribution < -0.4 is 9.47 Å². The van der Waals surface area contributed by atoms with Gasteiger partial charge in [0, 0.05) is 26.1 Å². The van der Waals surface area contributed by atoms with Crippen molar-refractivity contribution in [1.29, 1.82) is 0 Å². The number of methoxy groups -OCH3 is 2. The maximum Gasteiger partial charge on any atom is 0.302 e. The summed E-state index contributed by atoms with van der Waals surface area (Å²) in [6.45, 7) is 3.49. The van der Waals surface area contributed by atoms with Crippen molar-refractivity contribution in [3.8, 4) is 11.5 Å². The van der Waals surface area contributed by atoms with Crippen molar-refractivity contribution in [3.05, 3.63) is 23.8 Å². The summed E-state index contributed by atoms with van der Waals surface area (Å²) in [5.74, 6) is 1.27. The second-order valence-corrected chi connectivity index (χ2v) is 6.29. The molecule has 0 aromatic heterocycles. The fourth-order valence-corrected chi connectivity index (χ4v) is 3.36. The van der Waals surface area contributed by atoms with Gasteiger partial charge in [-0.25, -0.2) is 0 Å². The second kappa shape index (κ2) is 9.52. The Labute approximate surface area is 144 Å². The molecule has 0 amide bonds. The van der Waals surface area contributed by atoms with Gasteiger partial charge in [0.05, 0.1) is 14.2 Å². The molecule has 0 unspecified atom stereocenters. The van der Waals surface area contributed by atoms with Crippen LogP contribution in [0, 0.1) is 0 Å².